The second-order valence-electron chi connectivity index (χ2n) is 8.27. The number of sulfonamides is 1. The SMILES string of the molecule is COc1cc(OC)cc(N2C(=O)CN(S(C)(=O)=O)CC2(C)C(=O)NCc2ccc(C)cc2)c1. The molecule has 0 aliphatic carbocycles. The number of nitrogens with zero attached hydrogens (tertiary/aromatic N) is 2. The van der Waals surface area contributed by atoms with Gasteiger partial charge < -0.3 is 14.8 Å². The minimum Gasteiger partial charge on any atom is -0.497 e. The topological polar surface area (TPSA) is 105 Å². The molecule has 3 rings (SSSR count). The summed E-state index contributed by atoms with van der Waals surface area (Å²) in [7, 11) is -0.747. The maximum absolute atomic E-state index is 13.5. The van der Waals surface area contributed by atoms with Crippen LogP contribution in [0.4, 0.5) is 5.69 Å². The number of carbonyl (C=O) groups is 2. The van der Waals surface area contributed by atoms with Crippen molar-refractivity contribution in [1.82, 2.24) is 9.62 Å². The standard InChI is InChI=1S/C23H29N3O6S/c1-16-6-8-17(9-7-16)13-24-22(28)23(2)15-25(33(5,29)30)14-21(27)26(23)18-10-19(31-3)12-20(11-18)32-4/h6-12H,13-15H2,1-5H3,(H,24,28). The molecule has 0 spiro atoms. The lowest BCUT2D eigenvalue weighted by atomic mass is 9.94. The fourth-order valence-corrected chi connectivity index (χ4v) is 4.63. The Labute approximate surface area is 194 Å². The van der Waals surface area contributed by atoms with Crippen molar-refractivity contribution in [3.8, 4) is 11.5 Å². The number of rotatable bonds is 7. The molecular weight excluding hydrogens is 446 g/mol. The molecule has 1 atom stereocenters. The van der Waals surface area contributed by atoms with Crippen molar-refractivity contribution in [3.05, 3.63) is 53.6 Å². The van der Waals surface area contributed by atoms with Gasteiger partial charge >= 0.3 is 0 Å². The first kappa shape index (κ1) is 24.5. The van der Waals surface area contributed by atoms with Crippen molar-refractivity contribution in [2.24, 2.45) is 0 Å². The number of carbonyl (C=O) groups excluding carboxylic acids is 2. The molecule has 0 radical (unpaired) electrons. The lowest BCUT2D eigenvalue weighted by Gasteiger charge is -2.46. The van der Waals surface area contributed by atoms with Gasteiger partial charge in [0.05, 0.1) is 32.7 Å². The average Bonchev–Trinajstić information content (AvgIpc) is 2.77. The van der Waals surface area contributed by atoms with Gasteiger partial charge in [0, 0.05) is 31.3 Å². The molecule has 1 fully saturated rings. The normalized spacial score (nSPS) is 19.3. The Bertz CT molecular complexity index is 1130. The van der Waals surface area contributed by atoms with Crippen LogP contribution in [0.25, 0.3) is 0 Å². The van der Waals surface area contributed by atoms with E-state index in [4.69, 9.17) is 9.47 Å². The third-order valence-corrected chi connectivity index (χ3v) is 6.86. The summed E-state index contributed by atoms with van der Waals surface area (Å²) in [5, 5.41) is 2.86. The third kappa shape index (κ3) is 5.28. The lowest BCUT2D eigenvalue weighted by Crippen LogP contribution is -2.70. The van der Waals surface area contributed by atoms with Crippen molar-refractivity contribution in [2.45, 2.75) is 25.9 Å². The molecular formula is C23H29N3O6S. The van der Waals surface area contributed by atoms with E-state index in [-0.39, 0.29) is 19.6 Å². The molecule has 2 aromatic carbocycles. The number of hydrogen-bond acceptors (Lipinski definition) is 6. The van der Waals surface area contributed by atoms with Gasteiger partial charge in [0.25, 0.3) is 0 Å². The highest BCUT2D eigenvalue weighted by Gasteiger charge is 2.50. The Morgan fingerprint density at radius 2 is 1.67 bits per heavy atom. The number of benzene rings is 2. The fraction of sp³-hybridized carbons (Fsp3) is 0.391. The summed E-state index contributed by atoms with van der Waals surface area (Å²) in [6.07, 6.45) is 1.02. The predicted octanol–water partition coefficient (Wildman–Crippen LogP) is 1.70. The molecule has 2 amide bonds. The molecule has 2 aromatic rings. The molecule has 1 heterocycles. The van der Waals surface area contributed by atoms with Gasteiger partial charge in [-0.25, -0.2) is 8.42 Å². The largest absolute Gasteiger partial charge is 0.497 e. The average molecular weight is 476 g/mol. The van der Waals surface area contributed by atoms with E-state index in [1.807, 2.05) is 31.2 Å². The smallest absolute Gasteiger partial charge is 0.247 e. The quantitative estimate of drug-likeness (QED) is 0.654. The second kappa shape index (κ2) is 9.40. The minimum absolute atomic E-state index is 0.198. The van der Waals surface area contributed by atoms with Crippen LogP contribution in [0.5, 0.6) is 11.5 Å². The summed E-state index contributed by atoms with van der Waals surface area (Å²) in [5.41, 5.74) is 0.837. The van der Waals surface area contributed by atoms with E-state index < -0.39 is 27.4 Å². The first-order valence-electron chi connectivity index (χ1n) is 10.3. The van der Waals surface area contributed by atoms with Crippen molar-refractivity contribution >= 4 is 27.5 Å². The van der Waals surface area contributed by atoms with Gasteiger partial charge in [-0.2, -0.15) is 4.31 Å². The van der Waals surface area contributed by atoms with Crippen LogP contribution in [0, 0.1) is 6.92 Å². The highest BCUT2D eigenvalue weighted by atomic mass is 32.2. The number of amides is 2. The van der Waals surface area contributed by atoms with Gasteiger partial charge in [-0.15, -0.1) is 0 Å². The molecule has 0 aromatic heterocycles. The molecule has 1 aliphatic heterocycles. The Morgan fingerprint density at radius 1 is 1.09 bits per heavy atom. The van der Waals surface area contributed by atoms with E-state index in [0.717, 1.165) is 21.7 Å². The maximum Gasteiger partial charge on any atom is 0.247 e. The highest BCUT2D eigenvalue weighted by Crippen LogP contribution is 2.35. The van der Waals surface area contributed by atoms with E-state index >= 15 is 0 Å². The van der Waals surface area contributed by atoms with Gasteiger partial charge in [0.15, 0.2) is 0 Å². The predicted molar refractivity (Wildman–Crippen MR) is 125 cm³/mol. The van der Waals surface area contributed by atoms with E-state index in [2.05, 4.69) is 5.32 Å². The summed E-state index contributed by atoms with van der Waals surface area (Å²) < 4.78 is 36.2. The Kier molecular flexibility index (Phi) is 6.99. The molecule has 1 N–H and O–H groups in total. The van der Waals surface area contributed by atoms with Crippen molar-refractivity contribution in [2.75, 3.05) is 38.5 Å². The van der Waals surface area contributed by atoms with Crippen LogP contribution in [0.15, 0.2) is 42.5 Å². The maximum atomic E-state index is 13.5. The summed E-state index contributed by atoms with van der Waals surface area (Å²) in [4.78, 5) is 28.0. The molecule has 178 valence electrons. The van der Waals surface area contributed by atoms with Gasteiger partial charge in [-0.1, -0.05) is 29.8 Å². The summed E-state index contributed by atoms with van der Waals surface area (Å²) in [6, 6.07) is 12.6. The van der Waals surface area contributed by atoms with Crippen molar-refractivity contribution in [3.63, 3.8) is 0 Å². The molecule has 1 saturated heterocycles. The van der Waals surface area contributed by atoms with E-state index in [9.17, 15) is 18.0 Å². The molecule has 0 bridgehead atoms. The number of nitrogens with one attached hydrogen (secondary N) is 1. The third-order valence-electron chi connectivity index (χ3n) is 5.67. The van der Waals surface area contributed by atoms with Crippen LogP contribution in [-0.2, 0) is 26.2 Å². The first-order chi connectivity index (χ1) is 15.5. The number of ether oxygens (including phenoxy) is 2. The summed E-state index contributed by atoms with van der Waals surface area (Å²) in [5.74, 6) is -0.142. The molecule has 1 unspecified atom stereocenters. The second-order valence-corrected chi connectivity index (χ2v) is 10.3. The van der Waals surface area contributed by atoms with Crippen LogP contribution in [-0.4, -0.2) is 63.6 Å². The number of anilines is 1. The summed E-state index contributed by atoms with van der Waals surface area (Å²) >= 11 is 0. The van der Waals surface area contributed by atoms with Gasteiger partial charge in [-0.05, 0) is 19.4 Å². The zero-order valence-corrected chi connectivity index (χ0v) is 20.2. The Hall–Kier alpha value is -3.11. The zero-order chi connectivity index (χ0) is 24.4. The van der Waals surface area contributed by atoms with Gasteiger partial charge in [-0.3, -0.25) is 14.5 Å². The number of methoxy groups -OCH3 is 2. The first-order valence-corrected chi connectivity index (χ1v) is 12.2. The van der Waals surface area contributed by atoms with Crippen LogP contribution in [0.1, 0.15) is 18.1 Å². The number of piperazine rings is 1. The van der Waals surface area contributed by atoms with Gasteiger partial charge in [0.1, 0.15) is 17.0 Å². The van der Waals surface area contributed by atoms with E-state index in [0.29, 0.717) is 17.2 Å². The Balaban J connectivity index is 2.01. The molecule has 10 heteroatoms. The number of aryl methyl sites for hydroxylation is 1. The zero-order valence-electron chi connectivity index (χ0n) is 19.4. The molecule has 9 nitrogen and oxygen atoms in total. The molecule has 33 heavy (non-hydrogen) atoms. The van der Waals surface area contributed by atoms with Crippen LogP contribution in [0.3, 0.4) is 0 Å². The fourth-order valence-electron chi connectivity index (χ4n) is 3.80. The van der Waals surface area contributed by atoms with Crippen LogP contribution >= 0.6 is 0 Å². The van der Waals surface area contributed by atoms with Crippen molar-refractivity contribution in [1.29, 1.82) is 0 Å². The van der Waals surface area contributed by atoms with Gasteiger partial charge in [0.2, 0.25) is 21.8 Å². The van der Waals surface area contributed by atoms with E-state index in [1.165, 1.54) is 19.1 Å². The van der Waals surface area contributed by atoms with Crippen molar-refractivity contribution < 1.29 is 27.5 Å². The van der Waals surface area contributed by atoms with Crippen LogP contribution < -0.4 is 19.7 Å². The minimum atomic E-state index is -3.71. The lowest BCUT2D eigenvalue weighted by molar-refractivity contribution is -0.133. The number of hydrogen-bond donors (Lipinski definition) is 1. The Morgan fingerprint density at radius 3 is 2.18 bits per heavy atom. The highest BCUT2D eigenvalue weighted by molar-refractivity contribution is 7.88. The summed E-state index contributed by atoms with van der Waals surface area (Å²) in [6.45, 7) is 3.18. The molecule has 1 aliphatic rings. The molecule has 0 saturated carbocycles. The van der Waals surface area contributed by atoms with Crippen LogP contribution in [0.2, 0.25) is 0 Å². The monoisotopic (exact) mass is 475 g/mol. The van der Waals surface area contributed by atoms with E-state index in [1.54, 1.807) is 25.1 Å².